The van der Waals surface area contributed by atoms with Crippen LogP contribution in [0, 0.1) is 0 Å². The third-order valence-corrected chi connectivity index (χ3v) is 4.26. The van der Waals surface area contributed by atoms with Crippen molar-refractivity contribution < 1.29 is 13.2 Å². The highest BCUT2D eigenvalue weighted by Crippen LogP contribution is 2.27. The predicted octanol–water partition coefficient (Wildman–Crippen LogP) is 2.29. The molecular formula is C15H18N2O3S. The standard InChI is InChI=1S/C15H18N2O3S/c1-20-12-8-6-11(7-9-12)10-17-13-4-3-5-14(15(13)16)21(2,18)19/h3-9,17H,10,16H2,1-2H3. The Morgan fingerprint density at radius 2 is 1.81 bits per heavy atom. The SMILES string of the molecule is COc1ccc(CNc2cccc(S(C)(=O)=O)c2N)cc1. The fourth-order valence-electron chi connectivity index (χ4n) is 1.96. The van der Waals surface area contributed by atoms with E-state index in [0.29, 0.717) is 12.2 Å². The molecule has 0 saturated heterocycles. The van der Waals surface area contributed by atoms with Crippen LogP contribution in [-0.4, -0.2) is 21.8 Å². The summed E-state index contributed by atoms with van der Waals surface area (Å²) in [6.45, 7) is 0.543. The first-order chi connectivity index (χ1) is 9.91. The summed E-state index contributed by atoms with van der Waals surface area (Å²) in [4.78, 5) is 0.141. The van der Waals surface area contributed by atoms with Crippen molar-refractivity contribution in [2.45, 2.75) is 11.4 Å². The molecule has 0 aliphatic rings. The van der Waals surface area contributed by atoms with Gasteiger partial charge < -0.3 is 15.8 Å². The first kappa shape index (κ1) is 15.2. The van der Waals surface area contributed by atoms with Crippen molar-refractivity contribution in [1.29, 1.82) is 0 Å². The molecule has 0 amide bonds. The maximum atomic E-state index is 11.6. The van der Waals surface area contributed by atoms with Gasteiger partial charge in [0.05, 0.1) is 23.4 Å². The van der Waals surface area contributed by atoms with Crippen LogP contribution >= 0.6 is 0 Å². The number of anilines is 2. The van der Waals surface area contributed by atoms with E-state index in [1.54, 1.807) is 19.2 Å². The summed E-state index contributed by atoms with van der Waals surface area (Å²) >= 11 is 0. The highest BCUT2D eigenvalue weighted by atomic mass is 32.2. The number of nitrogens with two attached hydrogens (primary N) is 1. The van der Waals surface area contributed by atoms with Crippen molar-refractivity contribution in [2.75, 3.05) is 24.4 Å². The first-order valence-electron chi connectivity index (χ1n) is 6.37. The summed E-state index contributed by atoms with van der Waals surface area (Å²) in [6.07, 6.45) is 1.14. The fourth-order valence-corrected chi connectivity index (χ4v) is 2.80. The molecular weight excluding hydrogens is 288 g/mol. The van der Waals surface area contributed by atoms with Gasteiger partial charge in [-0.05, 0) is 29.8 Å². The van der Waals surface area contributed by atoms with Crippen LogP contribution in [0.4, 0.5) is 11.4 Å². The molecule has 2 aromatic carbocycles. The average Bonchev–Trinajstić information content (AvgIpc) is 2.45. The first-order valence-corrected chi connectivity index (χ1v) is 8.26. The Kier molecular flexibility index (Phi) is 4.37. The number of methoxy groups -OCH3 is 1. The molecule has 3 N–H and O–H groups in total. The van der Waals surface area contributed by atoms with E-state index in [4.69, 9.17) is 10.5 Å². The number of benzene rings is 2. The quantitative estimate of drug-likeness (QED) is 0.828. The minimum Gasteiger partial charge on any atom is -0.497 e. The van der Waals surface area contributed by atoms with Crippen LogP contribution in [0.1, 0.15) is 5.56 Å². The average molecular weight is 306 g/mol. The molecule has 0 aromatic heterocycles. The van der Waals surface area contributed by atoms with E-state index in [1.807, 2.05) is 24.3 Å². The number of para-hydroxylation sites is 1. The Labute approximate surface area is 124 Å². The Balaban J connectivity index is 2.16. The normalized spacial score (nSPS) is 11.1. The van der Waals surface area contributed by atoms with E-state index < -0.39 is 9.84 Å². The van der Waals surface area contributed by atoms with Gasteiger partial charge in [0.1, 0.15) is 5.75 Å². The second-order valence-electron chi connectivity index (χ2n) is 4.69. The van der Waals surface area contributed by atoms with Gasteiger partial charge in [-0.1, -0.05) is 18.2 Å². The molecule has 0 aliphatic heterocycles. The Morgan fingerprint density at radius 3 is 2.38 bits per heavy atom. The summed E-state index contributed by atoms with van der Waals surface area (Å²) in [5, 5.41) is 3.15. The molecule has 0 atom stereocenters. The van der Waals surface area contributed by atoms with Crippen LogP contribution < -0.4 is 15.8 Å². The molecule has 0 spiro atoms. The second-order valence-corrected chi connectivity index (χ2v) is 6.68. The summed E-state index contributed by atoms with van der Waals surface area (Å²) in [6, 6.07) is 12.5. The van der Waals surface area contributed by atoms with E-state index in [9.17, 15) is 8.42 Å². The second kappa shape index (κ2) is 6.05. The van der Waals surface area contributed by atoms with E-state index in [0.717, 1.165) is 17.6 Å². The van der Waals surface area contributed by atoms with Crippen molar-refractivity contribution in [3.05, 3.63) is 48.0 Å². The van der Waals surface area contributed by atoms with Crippen molar-refractivity contribution in [3.8, 4) is 5.75 Å². The van der Waals surface area contributed by atoms with Crippen LogP contribution in [0.25, 0.3) is 0 Å². The Hall–Kier alpha value is -2.21. The topological polar surface area (TPSA) is 81.4 Å². The van der Waals surface area contributed by atoms with Crippen molar-refractivity contribution in [3.63, 3.8) is 0 Å². The largest absolute Gasteiger partial charge is 0.497 e. The molecule has 0 saturated carbocycles. The van der Waals surface area contributed by atoms with Gasteiger partial charge in [0.25, 0.3) is 0 Å². The molecule has 0 radical (unpaired) electrons. The molecule has 2 rings (SSSR count). The van der Waals surface area contributed by atoms with Crippen molar-refractivity contribution in [1.82, 2.24) is 0 Å². The maximum absolute atomic E-state index is 11.6. The maximum Gasteiger partial charge on any atom is 0.177 e. The number of sulfone groups is 1. The van der Waals surface area contributed by atoms with Gasteiger partial charge in [-0.25, -0.2) is 8.42 Å². The number of ether oxygens (including phenoxy) is 1. The van der Waals surface area contributed by atoms with E-state index in [2.05, 4.69) is 5.32 Å². The smallest absolute Gasteiger partial charge is 0.177 e. The van der Waals surface area contributed by atoms with Crippen LogP contribution in [0.5, 0.6) is 5.75 Å². The lowest BCUT2D eigenvalue weighted by Gasteiger charge is -2.12. The molecule has 21 heavy (non-hydrogen) atoms. The van der Waals surface area contributed by atoms with Crippen molar-refractivity contribution >= 4 is 21.2 Å². The zero-order valence-electron chi connectivity index (χ0n) is 12.0. The highest BCUT2D eigenvalue weighted by molar-refractivity contribution is 7.90. The lowest BCUT2D eigenvalue weighted by molar-refractivity contribution is 0.414. The third kappa shape index (κ3) is 3.66. The molecule has 0 unspecified atom stereocenters. The fraction of sp³-hybridized carbons (Fsp3) is 0.200. The van der Waals surface area contributed by atoms with Gasteiger partial charge in [-0.2, -0.15) is 0 Å². The number of hydrogen-bond acceptors (Lipinski definition) is 5. The van der Waals surface area contributed by atoms with E-state index in [-0.39, 0.29) is 10.6 Å². The summed E-state index contributed by atoms with van der Waals surface area (Å²) in [5.41, 5.74) is 7.81. The van der Waals surface area contributed by atoms with Crippen molar-refractivity contribution in [2.24, 2.45) is 0 Å². The molecule has 2 aromatic rings. The summed E-state index contributed by atoms with van der Waals surface area (Å²) in [5.74, 6) is 0.789. The number of rotatable bonds is 5. The Bertz CT molecular complexity index is 725. The lowest BCUT2D eigenvalue weighted by Crippen LogP contribution is -2.07. The minimum absolute atomic E-state index is 0.141. The minimum atomic E-state index is -3.33. The number of nitrogens with one attached hydrogen (secondary N) is 1. The molecule has 0 heterocycles. The van der Waals surface area contributed by atoms with Gasteiger partial charge in [-0.3, -0.25) is 0 Å². The van der Waals surface area contributed by atoms with Gasteiger partial charge in [0.2, 0.25) is 0 Å². The van der Waals surface area contributed by atoms with Gasteiger partial charge in [0.15, 0.2) is 9.84 Å². The van der Waals surface area contributed by atoms with E-state index in [1.165, 1.54) is 6.07 Å². The lowest BCUT2D eigenvalue weighted by atomic mass is 10.2. The van der Waals surface area contributed by atoms with Gasteiger partial charge in [0, 0.05) is 12.8 Å². The zero-order valence-corrected chi connectivity index (χ0v) is 12.8. The van der Waals surface area contributed by atoms with Crippen LogP contribution in [0.3, 0.4) is 0 Å². The predicted molar refractivity (Wildman–Crippen MR) is 84.3 cm³/mol. The molecule has 0 aliphatic carbocycles. The summed E-state index contributed by atoms with van der Waals surface area (Å²) < 4.78 is 28.4. The molecule has 6 heteroatoms. The monoisotopic (exact) mass is 306 g/mol. The molecule has 5 nitrogen and oxygen atoms in total. The number of hydrogen-bond donors (Lipinski definition) is 2. The van der Waals surface area contributed by atoms with Crippen LogP contribution in [0.15, 0.2) is 47.4 Å². The number of nitrogen functional groups attached to an aromatic ring is 1. The summed E-state index contributed by atoms with van der Waals surface area (Å²) in [7, 11) is -1.71. The molecule has 0 bridgehead atoms. The van der Waals surface area contributed by atoms with Crippen LogP contribution in [-0.2, 0) is 16.4 Å². The van der Waals surface area contributed by atoms with Gasteiger partial charge in [-0.15, -0.1) is 0 Å². The van der Waals surface area contributed by atoms with E-state index >= 15 is 0 Å². The zero-order chi connectivity index (χ0) is 15.5. The third-order valence-electron chi connectivity index (χ3n) is 3.11. The molecule has 0 fully saturated rings. The van der Waals surface area contributed by atoms with Crippen LogP contribution in [0.2, 0.25) is 0 Å². The molecule has 112 valence electrons. The van der Waals surface area contributed by atoms with Gasteiger partial charge >= 0.3 is 0 Å². The highest BCUT2D eigenvalue weighted by Gasteiger charge is 2.13. The Morgan fingerprint density at radius 1 is 1.14 bits per heavy atom.